The molecular weight excluding hydrogens is 367 g/mol. The molecule has 0 bridgehead atoms. The molecule has 1 rings (SSSR count). The van der Waals surface area contributed by atoms with E-state index in [0.717, 1.165) is 6.07 Å². The molecule has 1 aromatic carbocycles. The third kappa shape index (κ3) is 4.31. The lowest BCUT2D eigenvalue weighted by atomic mass is 10.2. The highest BCUT2D eigenvalue weighted by atomic mass is 79.9. The van der Waals surface area contributed by atoms with Crippen LogP contribution in [0.15, 0.2) is 22.7 Å². The summed E-state index contributed by atoms with van der Waals surface area (Å²) in [6.07, 6.45) is -4.24. The monoisotopic (exact) mass is 373 g/mol. The quantitative estimate of drug-likeness (QED) is 0.789. The Kier molecular flexibility index (Phi) is 5.00. The Balaban J connectivity index is 2.93. The van der Waals surface area contributed by atoms with Crippen LogP contribution in [-0.4, -0.2) is 11.2 Å². The molecule has 7 heteroatoms. The number of carbonyl (C=O) groups is 1. The van der Waals surface area contributed by atoms with E-state index < -0.39 is 11.7 Å². The number of amides is 1. The SMILES string of the molecule is O=C(CCBr)Nc1ccc(Br)c(C(F)(F)F)c1. The number of benzene rings is 1. The molecule has 0 heterocycles. The van der Waals surface area contributed by atoms with Gasteiger partial charge in [-0.2, -0.15) is 13.2 Å². The van der Waals surface area contributed by atoms with Gasteiger partial charge in [-0.25, -0.2) is 0 Å². The van der Waals surface area contributed by atoms with Gasteiger partial charge in [-0.3, -0.25) is 4.79 Å². The number of carbonyl (C=O) groups excluding carboxylic acids is 1. The van der Waals surface area contributed by atoms with Crippen molar-refractivity contribution in [2.24, 2.45) is 0 Å². The maximum absolute atomic E-state index is 12.6. The predicted octanol–water partition coefficient (Wildman–Crippen LogP) is 4.19. The smallest absolute Gasteiger partial charge is 0.326 e. The van der Waals surface area contributed by atoms with E-state index >= 15 is 0 Å². The Morgan fingerprint density at radius 3 is 2.53 bits per heavy atom. The lowest BCUT2D eigenvalue weighted by Gasteiger charge is -2.11. The van der Waals surface area contributed by atoms with E-state index in [0.29, 0.717) is 5.33 Å². The molecule has 17 heavy (non-hydrogen) atoms. The summed E-state index contributed by atoms with van der Waals surface area (Å²) in [5.74, 6) is -0.336. The molecule has 0 saturated heterocycles. The molecule has 0 fully saturated rings. The van der Waals surface area contributed by atoms with E-state index in [9.17, 15) is 18.0 Å². The summed E-state index contributed by atoms with van der Waals surface area (Å²) >= 11 is 5.90. The highest BCUT2D eigenvalue weighted by Crippen LogP contribution is 2.36. The van der Waals surface area contributed by atoms with Crippen LogP contribution in [-0.2, 0) is 11.0 Å². The van der Waals surface area contributed by atoms with Crippen molar-refractivity contribution in [3.63, 3.8) is 0 Å². The predicted molar refractivity (Wildman–Crippen MR) is 66.2 cm³/mol. The first kappa shape index (κ1) is 14.5. The van der Waals surface area contributed by atoms with Gasteiger partial charge in [-0.1, -0.05) is 31.9 Å². The van der Waals surface area contributed by atoms with Gasteiger partial charge in [-0.05, 0) is 18.2 Å². The van der Waals surface area contributed by atoms with Crippen LogP contribution in [0.2, 0.25) is 0 Å². The number of halogens is 5. The van der Waals surface area contributed by atoms with Crippen molar-refractivity contribution < 1.29 is 18.0 Å². The van der Waals surface area contributed by atoms with Crippen molar-refractivity contribution in [2.75, 3.05) is 10.6 Å². The average molecular weight is 375 g/mol. The summed E-state index contributed by atoms with van der Waals surface area (Å²) in [4.78, 5) is 11.2. The molecule has 1 amide bonds. The van der Waals surface area contributed by atoms with Crippen molar-refractivity contribution in [1.82, 2.24) is 0 Å². The summed E-state index contributed by atoms with van der Waals surface area (Å²) in [6.45, 7) is 0. The number of alkyl halides is 4. The molecule has 0 aromatic heterocycles. The first-order valence-corrected chi connectivity index (χ1v) is 6.48. The number of hydrogen-bond donors (Lipinski definition) is 1. The second-order valence-corrected chi connectivity index (χ2v) is 4.83. The molecule has 0 aliphatic carbocycles. The maximum Gasteiger partial charge on any atom is 0.417 e. The van der Waals surface area contributed by atoms with Crippen molar-refractivity contribution >= 4 is 43.5 Å². The zero-order valence-electron chi connectivity index (χ0n) is 8.44. The fourth-order valence-electron chi connectivity index (χ4n) is 1.13. The van der Waals surface area contributed by atoms with Gasteiger partial charge >= 0.3 is 6.18 Å². The normalized spacial score (nSPS) is 11.4. The Morgan fingerprint density at radius 2 is 2.00 bits per heavy atom. The maximum atomic E-state index is 12.6. The number of anilines is 1. The molecule has 0 aliphatic heterocycles. The summed E-state index contributed by atoms with van der Waals surface area (Å²) in [6, 6.07) is 3.56. The van der Waals surface area contributed by atoms with E-state index in [1.165, 1.54) is 12.1 Å². The van der Waals surface area contributed by atoms with Crippen LogP contribution in [0.4, 0.5) is 18.9 Å². The van der Waals surface area contributed by atoms with Crippen LogP contribution >= 0.6 is 31.9 Å². The largest absolute Gasteiger partial charge is 0.417 e. The second-order valence-electron chi connectivity index (χ2n) is 3.18. The Hall–Kier alpha value is -0.560. The Labute approximate surface area is 113 Å². The van der Waals surface area contributed by atoms with Crippen LogP contribution < -0.4 is 5.32 Å². The van der Waals surface area contributed by atoms with Gasteiger partial charge in [0, 0.05) is 21.9 Å². The van der Waals surface area contributed by atoms with Crippen LogP contribution in [0.25, 0.3) is 0 Å². The van der Waals surface area contributed by atoms with E-state index in [-0.39, 0.29) is 22.5 Å². The van der Waals surface area contributed by atoms with Crippen molar-refractivity contribution in [1.29, 1.82) is 0 Å². The van der Waals surface area contributed by atoms with Crippen LogP contribution in [0, 0.1) is 0 Å². The zero-order valence-corrected chi connectivity index (χ0v) is 11.6. The van der Waals surface area contributed by atoms with Gasteiger partial charge in [0.05, 0.1) is 5.56 Å². The standard InChI is InChI=1S/C10H8Br2F3NO/c11-4-3-9(17)16-6-1-2-8(12)7(5-6)10(13,14)15/h1-2,5H,3-4H2,(H,16,17). The lowest BCUT2D eigenvalue weighted by molar-refractivity contribution is -0.138. The molecule has 0 aliphatic rings. The fourth-order valence-corrected chi connectivity index (χ4v) is 1.96. The third-order valence-electron chi connectivity index (χ3n) is 1.88. The second kappa shape index (κ2) is 5.86. The van der Waals surface area contributed by atoms with Gasteiger partial charge in [0.2, 0.25) is 5.91 Å². The third-order valence-corrected chi connectivity index (χ3v) is 2.97. The van der Waals surface area contributed by atoms with Crippen LogP contribution in [0.3, 0.4) is 0 Å². The summed E-state index contributed by atoms with van der Waals surface area (Å²) in [5.41, 5.74) is -0.680. The summed E-state index contributed by atoms with van der Waals surface area (Å²) in [5, 5.41) is 2.85. The van der Waals surface area contributed by atoms with Gasteiger partial charge < -0.3 is 5.32 Å². The van der Waals surface area contributed by atoms with E-state index in [1.807, 2.05) is 0 Å². The van der Waals surface area contributed by atoms with Gasteiger partial charge in [0.1, 0.15) is 0 Å². The molecule has 0 radical (unpaired) electrons. The molecular formula is C10H8Br2F3NO. The lowest BCUT2D eigenvalue weighted by Crippen LogP contribution is -2.13. The number of hydrogen-bond acceptors (Lipinski definition) is 1. The van der Waals surface area contributed by atoms with Gasteiger partial charge in [0.15, 0.2) is 0 Å². The van der Waals surface area contributed by atoms with E-state index in [4.69, 9.17) is 0 Å². The number of nitrogens with one attached hydrogen (secondary N) is 1. The van der Waals surface area contributed by atoms with Crippen LogP contribution in [0.1, 0.15) is 12.0 Å². The van der Waals surface area contributed by atoms with Crippen molar-refractivity contribution in [2.45, 2.75) is 12.6 Å². The Bertz CT molecular complexity index is 421. The first-order valence-electron chi connectivity index (χ1n) is 4.57. The minimum Gasteiger partial charge on any atom is -0.326 e. The molecule has 0 saturated carbocycles. The van der Waals surface area contributed by atoms with Gasteiger partial charge in [-0.15, -0.1) is 0 Å². The molecule has 1 N–H and O–H groups in total. The van der Waals surface area contributed by atoms with Crippen molar-refractivity contribution in [3.05, 3.63) is 28.2 Å². The Morgan fingerprint density at radius 1 is 1.35 bits per heavy atom. The minimum absolute atomic E-state index is 0.0523. The first-order chi connectivity index (χ1) is 7.84. The van der Waals surface area contributed by atoms with Crippen molar-refractivity contribution in [3.8, 4) is 0 Å². The molecule has 2 nitrogen and oxygen atoms in total. The minimum atomic E-state index is -4.45. The molecule has 0 unspecified atom stereocenters. The van der Waals surface area contributed by atoms with Crippen LogP contribution in [0.5, 0.6) is 0 Å². The fraction of sp³-hybridized carbons (Fsp3) is 0.300. The molecule has 0 spiro atoms. The summed E-state index contributed by atoms with van der Waals surface area (Å²) < 4.78 is 37.6. The molecule has 1 aromatic rings. The highest BCUT2D eigenvalue weighted by molar-refractivity contribution is 9.10. The van der Waals surface area contributed by atoms with E-state index in [2.05, 4.69) is 37.2 Å². The summed E-state index contributed by atoms with van der Waals surface area (Å²) in [7, 11) is 0. The molecule has 0 atom stereocenters. The zero-order chi connectivity index (χ0) is 13.1. The highest BCUT2D eigenvalue weighted by Gasteiger charge is 2.33. The topological polar surface area (TPSA) is 29.1 Å². The van der Waals surface area contributed by atoms with E-state index in [1.54, 1.807) is 0 Å². The average Bonchev–Trinajstić information content (AvgIpc) is 2.19. The molecule has 94 valence electrons. The number of rotatable bonds is 3. The van der Waals surface area contributed by atoms with Gasteiger partial charge in [0.25, 0.3) is 0 Å².